The van der Waals surface area contributed by atoms with Crippen LogP contribution in [-0.2, 0) is 4.57 Å². The maximum Gasteiger partial charge on any atom is 0.537 e. The van der Waals surface area contributed by atoms with E-state index >= 15 is 0 Å². The average Bonchev–Trinajstić information content (AvgIpc) is 2.15. The second-order valence-corrected chi connectivity index (χ2v) is 4.50. The van der Waals surface area contributed by atoms with E-state index in [1.165, 1.54) is 44.3 Å². The molecule has 0 aliphatic carbocycles. The van der Waals surface area contributed by atoms with E-state index in [1.807, 2.05) is 6.08 Å². The molecule has 14 heavy (non-hydrogen) atoms. The van der Waals surface area contributed by atoms with Crippen LogP contribution < -0.4 is 0 Å². The fraction of sp³-hybridized carbons (Fsp3) is 0.818. The van der Waals surface area contributed by atoms with E-state index in [-0.39, 0.29) is 0 Å². The van der Waals surface area contributed by atoms with Gasteiger partial charge in [0.1, 0.15) is 0 Å². The van der Waals surface area contributed by atoms with Crippen molar-refractivity contribution in [3.05, 3.63) is 11.9 Å². The summed E-state index contributed by atoms with van der Waals surface area (Å²) in [5.74, 6) is 1.38. The van der Waals surface area contributed by atoms with Gasteiger partial charge in [0.25, 0.3) is 0 Å². The van der Waals surface area contributed by atoms with Gasteiger partial charge in [-0.25, -0.2) is 0 Å². The first-order chi connectivity index (χ1) is 6.77. The molecule has 82 valence electrons. The highest BCUT2D eigenvalue weighted by Crippen LogP contribution is 2.15. The van der Waals surface area contributed by atoms with Gasteiger partial charge in [-0.15, -0.1) is 0 Å². The molecule has 0 aliphatic heterocycles. The highest BCUT2D eigenvalue weighted by Gasteiger charge is 1.99. The van der Waals surface area contributed by atoms with Gasteiger partial charge in [-0.2, -0.15) is 4.89 Å². The van der Waals surface area contributed by atoms with Gasteiger partial charge in [0.05, 0.1) is 0 Å². The quantitative estimate of drug-likeness (QED) is 0.459. The van der Waals surface area contributed by atoms with Gasteiger partial charge < -0.3 is 0 Å². The monoisotopic (exact) mass is 217 g/mol. The Kier molecular flexibility index (Phi) is 10.7. The van der Waals surface area contributed by atoms with Crippen LogP contribution in [0.15, 0.2) is 11.9 Å². The number of hydrogen-bond acceptors (Lipinski definition) is 1. The maximum atomic E-state index is 10.3. The zero-order valence-corrected chi connectivity index (χ0v) is 10.0. The third-order valence-electron chi connectivity index (χ3n) is 2.21. The number of rotatable bonds is 9. The van der Waals surface area contributed by atoms with Gasteiger partial charge >= 0.3 is 8.03 Å². The summed E-state index contributed by atoms with van der Waals surface area (Å²) in [5.41, 5.74) is 0. The zero-order valence-electron chi connectivity index (χ0n) is 9.11. The van der Waals surface area contributed by atoms with Crippen LogP contribution in [0.4, 0.5) is 0 Å². The van der Waals surface area contributed by atoms with E-state index < -0.39 is 8.03 Å². The molecule has 0 aromatic carbocycles. The minimum atomic E-state index is -2.06. The molecule has 0 bridgehead atoms. The number of unbranched alkanes of at least 4 members (excludes halogenated alkanes) is 7. The molecule has 3 heteroatoms. The fourth-order valence-corrected chi connectivity index (χ4v) is 1.71. The van der Waals surface area contributed by atoms with Gasteiger partial charge in [-0.05, 0) is 23.5 Å². The van der Waals surface area contributed by atoms with E-state index in [0.29, 0.717) is 0 Å². The number of hydrogen-bond donors (Lipinski definition) is 1. The highest BCUT2D eigenvalue weighted by molar-refractivity contribution is 7.41. The molecular weight excluding hydrogens is 195 g/mol. The van der Waals surface area contributed by atoms with Crippen molar-refractivity contribution < 1.29 is 9.46 Å². The third-order valence-corrected chi connectivity index (χ3v) is 2.67. The predicted molar refractivity (Wildman–Crippen MR) is 61.6 cm³/mol. The van der Waals surface area contributed by atoms with Crippen molar-refractivity contribution in [1.29, 1.82) is 0 Å². The van der Waals surface area contributed by atoms with Crippen LogP contribution in [0.2, 0.25) is 0 Å². The minimum absolute atomic E-state index is 0.940. The van der Waals surface area contributed by atoms with Crippen molar-refractivity contribution in [3.8, 4) is 0 Å². The molecule has 1 N–H and O–H groups in total. The highest BCUT2D eigenvalue weighted by atomic mass is 31.1. The summed E-state index contributed by atoms with van der Waals surface area (Å²) in [4.78, 5) is 8.47. The van der Waals surface area contributed by atoms with Crippen molar-refractivity contribution in [2.45, 2.75) is 58.3 Å². The minimum Gasteiger partial charge on any atom is -0.157 e. The lowest BCUT2D eigenvalue weighted by molar-refractivity contribution is 0.512. The average molecular weight is 217 g/mol. The van der Waals surface area contributed by atoms with E-state index in [4.69, 9.17) is 4.89 Å². The normalized spacial score (nSPS) is 12.3. The molecule has 0 saturated carbocycles. The molecule has 1 unspecified atom stereocenters. The van der Waals surface area contributed by atoms with Crippen molar-refractivity contribution in [3.63, 3.8) is 0 Å². The lowest BCUT2D eigenvalue weighted by Gasteiger charge is -1.98. The van der Waals surface area contributed by atoms with Crippen molar-refractivity contribution >= 4 is 8.03 Å². The summed E-state index contributed by atoms with van der Waals surface area (Å²) >= 11 is 0. The molecule has 0 radical (unpaired) electrons. The SMILES string of the molecule is CCCCCCCCCC=C[P+](=O)O. The van der Waals surface area contributed by atoms with Gasteiger partial charge in [0.15, 0.2) is 5.82 Å². The molecule has 0 spiro atoms. The Morgan fingerprint density at radius 1 is 1.07 bits per heavy atom. The van der Waals surface area contributed by atoms with Crippen LogP contribution in [0.25, 0.3) is 0 Å². The molecule has 0 fully saturated rings. The molecule has 1 atom stereocenters. The second kappa shape index (κ2) is 10.9. The van der Waals surface area contributed by atoms with Gasteiger partial charge in [0.2, 0.25) is 0 Å². The predicted octanol–water partition coefficient (Wildman–Crippen LogP) is 4.38. The summed E-state index contributed by atoms with van der Waals surface area (Å²) in [6.07, 6.45) is 11.8. The second-order valence-electron chi connectivity index (χ2n) is 3.60. The van der Waals surface area contributed by atoms with E-state index in [9.17, 15) is 4.57 Å². The fourth-order valence-electron chi connectivity index (χ4n) is 1.38. The largest absolute Gasteiger partial charge is 0.537 e. The van der Waals surface area contributed by atoms with Crippen molar-refractivity contribution in [2.75, 3.05) is 0 Å². The Labute approximate surface area is 88.3 Å². The standard InChI is InChI=1S/C11H21O2P/c1-2-3-4-5-6-7-8-9-10-11-14(12)13/h10-11H,2-9H2,1H3/p+1. The van der Waals surface area contributed by atoms with E-state index in [1.54, 1.807) is 0 Å². The first-order valence-electron chi connectivity index (χ1n) is 5.59. The Morgan fingerprint density at radius 2 is 1.64 bits per heavy atom. The molecular formula is C11H22O2P+. The lowest BCUT2D eigenvalue weighted by Crippen LogP contribution is -1.78. The van der Waals surface area contributed by atoms with Gasteiger partial charge in [-0.3, -0.25) is 0 Å². The van der Waals surface area contributed by atoms with Crippen molar-refractivity contribution in [1.82, 2.24) is 0 Å². The Bertz CT molecular complexity index is 167. The molecule has 0 aromatic heterocycles. The van der Waals surface area contributed by atoms with Crippen LogP contribution in [0.1, 0.15) is 58.3 Å². The Hall–Kier alpha value is -0.200. The lowest BCUT2D eigenvalue weighted by atomic mass is 10.1. The first kappa shape index (κ1) is 13.8. The van der Waals surface area contributed by atoms with Crippen LogP contribution in [0, 0.1) is 0 Å². The summed E-state index contributed by atoms with van der Waals surface area (Å²) in [5, 5.41) is 0. The van der Waals surface area contributed by atoms with Crippen molar-refractivity contribution in [2.24, 2.45) is 0 Å². The van der Waals surface area contributed by atoms with Crippen LogP contribution in [0.5, 0.6) is 0 Å². The van der Waals surface area contributed by atoms with Crippen LogP contribution >= 0.6 is 8.03 Å². The molecule has 0 saturated heterocycles. The summed E-state index contributed by atoms with van der Waals surface area (Å²) in [7, 11) is -2.06. The van der Waals surface area contributed by atoms with E-state index in [0.717, 1.165) is 12.8 Å². The van der Waals surface area contributed by atoms with Gasteiger partial charge in [0, 0.05) is 0 Å². The molecule has 0 amide bonds. The topological polar surface area (TPSA) is 37.3 Å². The molecule has 0 aliphatic rings. The molecule has 0 heterocycles. The van der Waals surface area contributed by atoms with Crippen LogP contribution in [-0.4, -0.2) is 4.89 Å². The summed E-state index contributed by atoms with van der Waals surface area (Å²) in [6, 6.07) is 0. The summed E-state index contributed by atoms with van der Waals surface area (Å²) < 4.78 is 10.3. The number of allylic oxidation sites excluding steroid dienone is 1. The molecule has 2 nitrogen and oxygen atoms in total. The third kappa shape index (κ3) is 11.8. The van der Waals surface area contributed by atoms with Crippen LogP contribution in [0.3, 0.4) is 0 Å². The van der Waals surface area contributed by atoms with E-state index in [2.05, 4.69) is 6.92 Å². The summed E-state index contributed by atoms with van der Waals surface area (Å²) in [6.45, 7) is 2.22. The first-order valence-corrected chi connectivity index (χ1v) is 6.87. The maximum absolute atomic E-state index is 10.3. The molecule has 0 aromatic rings. The Balaban J connectivity index is 3.02. The smallest absolute Gasteiger partial charge is 0.157 e. The Morgan fingerprint density at radius 3 is 2.21 bits per heavy atom. The molecule has 0 rings (SSSR count). The van der Waals surface area contributed by atoms with Gasteiger partial charge in [-0.1, -0.05) is 45.4 Å². The zero-order chi connectivity index (χ0) is 10.6.